The zero-order chi connectivity index (χ0) is 39.5. The molecule has 0 aliphatic carbocycles. The van der Waals surface area contributed by atoms with Crippen LogP contribution in [-0.2, 0) is 32.7 Å². The fourth-order valence-electron chi connectivity index (χ4n) is 5.14. The van der Waals surface area contributed by atoms with E-state index in [9.17, 15) is 24.2 Å². The van der Waals surface area contributed by atoms with E-state index in [1.807, 2.05) is 34.1 Å². The van der Waals surface area contributed by atoms with E-state index >= 15 is 0 Å². The Morgan fingerprint density at radius 2 is 1.15 bits per heavy atom. The van der Waals surface area contributed by atoms with Crippen LogP contribution in [0, 0.1) is 0 Å². The van der Waals surface area contributed by atoms with Crippen molar-refractivity contribution in [3.63, 3.8) is 0 Å². The van der Waals surface area contributed by atoms with Gasteiger partial charge in [0.15, 0.2) is 6.10 Å². The second kappa shape index (κ2) is 34.4. The number of likely N-dealkylation sites (N-methyl/N-ethyl adjacent to an activating group) is 1. The Balaban J connectivity index is 4.51. The number of phosphoric ester groups is 1. The molecule has 0 fully saturated rings. The highest BCUT2D eigenvalue weighted by Gasteiger charge is 2.27. The number of phosphoric acid groups is 1. The smallest absolute Gasteiger partial charge is 0.462 e. The van der Waals surface area contributed by atoms with Gasteiger partial charge in [0, 0.05) is 12.8 Å². The normalized spacial score (nSPS) is 14.8. The van der Waals surface area contributed by atoms with Crippen LogP contribution in [0.3, 0.4) is 0 Å². The second-order valence-corrected chi connectivity index (χ2v) is 16.4. The van der Waals surface area contributed by atoms with Crippen LogP contribution < -0.4 is 0 Å². The van der Waals surface area contributed by atoms with Gasteiger partial charge in [-0.1, -0.05) is 120 Å². The van der Waals surface area contributed by atoms with Crippen LogP contribution in [0.25, 0.3) is 0 Å². The largest absolute Gasteiger partial charge is 0.472 e. The minimum Gasteiger partial charge on any atom is -0.462 e. The van der Waals surface area contributed by atoms with Gasteiger partial charge >= 0.3 is 19.8 Å². The molecule has 0 aromatic rings. The topological polar surface area (TPSA) is 129 Å². The molecule has 0 radical (unpaired) electrons. The highest BCUT2D eigenvalue weighted by molar-refractivity contribution is 7.47. The standard InChI is InChI=1S/C42H76NO9P/c1-6-7-8-9-10-11-17-21-24-27-30-33-41(45)49-37-40(38-51-53(47,48)50-36-35-43(3,4)5)52-42(46)34-31-28-25-22-19-16-14-12-13-15-18-20-23-26-29-32-39(2)44/h13-16,20,22-23,25,39-40,44H,6-12,17-19,21,24,26-38H2,1-5H3/p+1/b15-13-,16-14-,23-20-,25-22-/t39-,40+/m0/s1. The first-order valence-electron chi connectivity index (χ1n) is 20.4. The molecule has 0 bridgehead atoms. The Morgan fingerprint density at radius 3 is 1.68 bits per heavy atom. The molecule has 2 N–H and O–H groups in total. The molecule has 0 aliphatic heterocycles. The molecule has 0 rings (SSSR count). The molecule has 0 spiro atoms. The summed E-state index contributed by atoms with van der Waals surface area (Å²) in [6.07, 6.45) is 35.8. The van der Waals surface area contributed by atoms with Crippen molar-refractivity contribution in [1.29, 1.82) is 0 Å². The Bertz CT molecular complexity index is 1070. The quantitative estimate of drug-likeness (QED) is 0.0210. The van der Waals surface area contributed by atoms with Crippen molar-refractivity contribution in [2.75, 3.05) is 47.5 Å². The first-order chi connectivity index (χ1) is 25.3. The van der Waals surface area contributed by atoms with Gasteiger partial charge in [-0.3, -0.25) is 18.6 Å². The summed E-state index contributed by atoms with van der Waals surface area (Å²) in [5.41, 5.74) is 0. The molecule has 0 aromatic heterocycles. The number of unbranched alkanes of at least 4 members (excludes halogenated alkanes) is 12. The SMILES string of the molecule is CCCCCCCCCCCCCC(=O)OC[C@H](COP(=O)(O)OCC[N+](C)(C)C)OC(=O)CCC/C=C\C/C=C\C/C=C\C/C=C\CCC[C@H](C)O. The summed E-state index contributed by atoms with van der Waals surface area (Å²) in [7, 11) is 1.42. The number of allylic oxidation sites excluding steroid dienone is 8. The molecule has 0 aliphatic rings. The van der Waals surface area contributed by atoms with Gasteiger partial charge in [-0.2, -0.15) is 0 Å². The number of carbonyl (C=O) groups excluding carboxylic acids is 2. The molecule has 0 saturated heterocycles. The summed E-state index contributed by atoms with van der Waals surface area (Å²) in [5, 5.41) is 9.27. The van der Waals surface area contributed by atoms with Crippen molar-refractivity contribution in [2.24, 2.45) is 0 Å². The molecule has 10 nitrogen and oxygen atoms in total. The third kappa shape index (κ3) is 39.4. The molecule has 11 heteroatoms. The molecular weight excluding hydrogens is 693 g/mol. The molecule has 0 amide bonds. The van der Waals surface area contributed by atoms with Crippen molar-refractivity contribution in [3.8, 4) is 0 Å². The molecular formula is C42H77NO9P+. The lowest BCUT2D eigenvalue weighted by atomic mass is 10.1. The lowest BCUT2D eigenvalue weighted by Crippen LogP contribution is -2.37. The summed E-state index contributed by atoms with van der Waals surface area (Å²) < 4.78 is 34.1. The van der Waals surface area contributed by atoms with E-state index in [1.165, 1.54) is 51.4 Å². The fraction of sp³-hybridized carbons (Fsp3) is 0.762. The van der Waals surface area contributed by atoms with Crippen LogP contribution in [0.1, 0.15) is 149 Å². The number of ether oxygens (including phenoxy) is 2. The second-order valence-electron chi connectivity index (χ2n) is 15.0. The Kier molecular flexibility index (Phi) is 33.1. The number of hydrogen-bond donors (Lipinski definition) is 2. The van der Waals surface area contributed by atoms with Crippen molar-refractivity contribution >= 4 is 19.8 Å². The Labute approximate surface area is 323 Å². The van der Waals surface area contributed by atoms with Crippen molar-refractivity contribution in [1.82, 2.24) is 0 Å². The van der Waals surface area contributed by atoms with Gasteiger partial charge in [-0.25, -0.2) is 4.57 Å². The highest BCUT2D eigenvalue weighted by atomic mass is 31.2. The Hall–Kier alpha value is -2.07. The van der Waals surface area contributed by atoms with Gasteiger partial charge in [-0.05, 0) is 64.7 Å². The van der Waals surface area contributed by atoms with E-state index in [0.29, 0.717) is 23.9 Å². The van der Waals surface area contributed by atoms with Gasteiger partial charge in [-0.15, -0.1) is 0 Å². The van der Waals surface area contributed by atoms with Gasteiger partial charge in [0.1, 0.15) is 19.8 Å². The molecule has 53 heavy (non-hydrogen) atoms. The van der Waals surface area contributed by atoms with E-state index in [0.717, 1.165) is 57.8 Å². The molecule has 0 aromatic carbocycles. The number of nitrogens with zero attached hydrogens (tertiary/aromatic N) is 1. The van der Waals surface area contributed by atoms with E-state index in [-0.39, 0.29) is 32.2 Å². The third-order valence-electron chi connectivity index (χ3n) is 8.38. The van der Waals surface area contributed by atoms with Crippen LogP contribution >= 0.6 is 7.82 Å². The maximum Gasteiger partial charge on any atom is 0.472 e. The number of hydrogen-bond acceptors (Lipinski definition) is 8. The summed E-state index contributed by atoms with van der Waals surface area (Å²) in [5.74, 6) is -0.884. The molecule has 1 unspecified atom stereocenters. The van der Waals surface area contributed by atoms with Crippen molar-refractivity contribution in [2.45, 2.75) is 161 Å². The molecule has 0 saturated carbocycles. The minimum atomic E-state index is -4.39. The fourth-order valence-corrected chi connectivity index (χ4v) is 5.88. The number of aliphatic hydroxyl groups is 1. The first kappa shape index (κ1) is 50.9. The third-order valence-corrected chi connectivity index (χ3v) is 9.36. The van der Waals surface area contributed by atoms with Crippen molar-refractivity contribution in [3.05, 3.63) is 48.6 Å². The summed E-state index contributed by atoms with van der Waals surface area (Å²) >= 11 is 0. The number of rotatable bonds is 36. The predicted molar refractivity (Wildman–Crippen MR) is 216 cm³/mol. The highest BCUT2D eigenvalue weighted by Crippen LogP contribution is 2.43. The van der Waals surface area contributed by atoms with E-state index in [2.05, 4.69) is 49.5 Å². The summed E-state index contributed by atoms with van der Waals surface area (Å²) in [6.45, 7) is 3.87. The molecule has 3 atom stereocenters. The van der Waals surface area contributed by atoms with E-state index in [1.54, 1.807) is 0 Å². The average molecular weight is 771 g/mol. The van der Waals surface area contributed by atoms with Gasteiger partial charge in [0.05, 0.1) is 33.9 Å². The predicted octanol–water partition coefficient (Wildman–Crippen LogP) is 10.1. The monoisotopic (exact) mass is 771 g/mol. The number of aliphatic hydroxyl groups excluding tert-OH is 1. The lowest BCUT2D eigenvalue weighted by Gasteiger charge is -2.24. The van der Waals surface area contributed by atoms with E-state index in [4.69, 9.17) is 18.5 Å². The van der Waals surface area contributed by atoms with Crippen molar-refractivity contribution < 1.29 is 47.2 Å². The zero-order valence-electron chi connectivity index (χ0n) is 34.1. The van der Waals surface area contributed by atoms with Crippen LogP contribution in [0.15, 0.2) is 48.6 Å². The van der Waals surface area contributed by atoms with Crippen LogP contribution in [-0.4, -0.2) is 86.1 Å². The Morgan fingerprint density at radius 1 is 0.660 bits per heavy atom. The van der Waals surface area contributed by atoms with Gasteiger partial charge in [0.2, 0.25) is 0 Å². The summed E-state index contributed by atoms with van der Waals surface area (Å²) in [6, 6.07) is 0. The van der Waals surface area contributed by atoms with E-state index < -0.39 is 32.5 Å². The number of quaternary nitrogens is 1. The lowest BCUT2D eigenvalue weighted by molar-refractivity contribution is -0.870. The van der Waals surface area contributed by atoms with Gasteiger partial charge in [0.25, 0.3) is 0 Å². The zero-order valence-corrected chi connectivity index (χ0v) is 35.0. The number of esters is 2. The van der Waals surface area contributed by atoms with Crippen LogP contribution in [0.2, 0.25) is 0 Å². The van der Waals surface area contributed by atoms with Crippen LogP contribution in [0.5, 0.6) is 0 Å². The van der Waals surface area contributed by atoms with Gasteiger partial charge < -0.3 is 24.0 Å². The maximum atomic E-state index is 12.6. The minimum absolute atomic E-state index is 0.0151. The molecule has 0 heterocycles. The van der Waals surface area contributed by atoms with Crippen LogP contribution in [0.4, 0.5) is 0 Å². The number of carbonyl (C=O) groups is 2. The maximum absolute atomic E-state index is 12.6. The summed E-state index contributed by atoms with van der Waals surface area (Å²) in [4.78, 5) is 35.2. The molecule has 308 valence electrons. The first-order valence-corrected chi connectivity index (χ1v) is 21.9. The average Bonchev–Trinajstić information content (AvgIpc) is 3.08.